The summed E-state index contributed by atoms with van der Waals surface area (Å²) < 4.78 is 11.2. The second-order valence-electron chi connectivity index (χ2n) is 7.38. The number of carbonyl (C=O) groups is 1. The van der Waals surface area contributed by atoms with Crippen LogP contribution in [-0.2, 0) is 0 Å². The van der Waals surface area contributed by atoms with Gasteiger partial charge in [-0.1, -0.05) is 18.2 Å². The van der Waals surface area contributed by atoms with Crippen molar-refractivity contribution in [2.45, 2.75) is 26.3 Å². The molecule has 2 aromatic carbocycles. The van der Waals surface area contributed by atoms with E-state index in [9.17, 15) is 14.7 Å². The molecule has 0 fully saturated rings. The highest BCUT2D eigenvalue weighted by Crippen LogP contribution is 2.39. The van der Waals surface area contributed by atoms with Crippen LogP contribution in [-0.4, -0.2) is 36.2 Å². The van der Waals surface area contributed by atoms with Crippen LogP contribution in [0.5, 0.6) is 5.75 Å². The van der Waals surface area contributed by atoms with Crippen molar-refractivity contribution in [3.05, 3.63) is 74.6 Å². The summed E-state index contributed by atoms with van der Waals surface area (Å²) in [4.78, 5) is 28.3. The van der Waals surface area contributed by atoms with E-state index in [1.165, 1.54) is 0 Å². The molecule has 1 aliphatic heterocycles. The molecule has 0 aliphatic carbocycles. The van der Waals surface area contributed by atoms with Crippen LogP contribution in [0.25, 0.3) is 11.0 Å². The maximum Gasteiger partial charge on any atom is 0.290 e. The number of hydrogen-bond acceptors (Lipinski definition) is 5. The van der Waals surface area contributed by atoms with Gasteiger partial charge in [0.15, 0.2) is 5.43 Å². The van der Waals surface area contributed by atoms with Crippen LogP contribution < -0.4 is 10.2 Å². The van der Waals surface area contributed by atoms with Gasteiger partial charge in [0.2, 0.25) is 5.76 Å². The third-order valence-corrected chi connectivity index (χ3v) is 5.40. The van der Waals surface area contributed by atoms with E-state index in [1.54, 1.807) is 30.2 Å². The monoisotopic (exact) mass is 393 g/mol. The van der Waals surface area contributed by atoms with E-state index in [2.05, 4.69) is 0 Å². The largest absolute Gasteiger partial charge is 0.497 e. The zero-order valence-corrected chi connectivity index (χ0v) is 16.7. The summed E-state index contributed by atoms with van der Waals surface area (Å²) in [6.45, 7) is 4.08. The predicted molar refractivity (Wildman–Crippen MR) is 110 cm³/mol. The summed E-state index contributed by atoms with van der Waals surface area (Å²) in [5, 5.41) is 9.80. The van der Waals surface area contributed by atoms with E-state index in [4.69, 9.17) is 9.15 Å². The molecular weight excluding hydrogens is 370 g/mol. The Morgan fingerprint density at radius 1 is 1.14 bits per heavy atom. The Kier molecular flexibility index (Phi) is 4.88. The molecular formula is C23H23NO5. The Morgan fingerprint density at radius 2 is 1.86 bits per heavy atom. The quantitative estimate of drug-likeness (QED) is 0.719. The first-order chi connectivity index (χ1) is 14.0. The third kappa shape index (κ3) is 3.09. The maximum absolute atomic E-state index is 13.5. The van der Waals surface area contributed by atoms with Crippen molar-refractivity contribution in [2.24, 2.45) is 0 Å². The van der Waals surface area contributed by atoms with Gasteiger partial charge in [-0.05, 0) is 55.2 Å². The fraction of sp³-hybridized carbons (Fsp3) is 0.304. The summed E-state index contributed by atoms with van der Waals surface area (Å²) in [5.41, 5.74) is 3.19. The summed E-state index contributed by atoms with van der Waals surface area (Å²) in [6.07, 6.45) is 0.415. The van der Waals surface area contributed by atoms with Gasteiger partial charge >= 0.3 is 0 Å². The molecule has 6 heteroatoms. The molecule has 1 N–H and O–H groups in total. The number of carbonyl (C=O) groups excluding carboxylic acids is 1. The lowest BCUT2D eigenvalue weighted by molar-refractivity contribution is 0.0716. The minimum Gasteiger partial charge on any atom is -0.497 e. The number of hydrogen-bond donors (Lipinski definition) is 1. The fourth-order valence-electron chi connectivity index (χ4n) is 4.12. The topological polar surface area (TPSA) is 80.0 Å². The molecule has 1 aliphatic rings. The molecule has 0 saturated heterocycles. The summed E-state index contributed by atoms with van der Waals surface area (Å²) in [7, 11) is 1.59. The van der Waals surface area contributed by atoms with E-state index < -0.39 is 6.04 Å². The molecule has 0 spiro atoms. The number of aryl methyl sites for hydroxylation is 2. The molecule has 2 heterocycles. The van der Waals surface area contributed by atoms with Gasteiger partial charge < -0.3 is 19.2 Å². The lowest BCUT2D eigenvalue weighted by atomic mass is 9.97. The van der Waals surface area contributed by atoms with Crippen molar-refractivity contribution in [3.8, 4) is 5.75 Å². The van der Waals surface area contributed by atoms with Crippen LogP contribution in [0, 0.1) is 13.8 Å². The molecule has 0 radical (unpaired) electrons. The number of aliphatic hydroxyl groups is 1. The normalized spacial score (nSPS) is 15.8. The van der Waals surface area contributed by atoms with Crippen molar-refractivity contribution in [3.63, 3.8) is 0 Å². The van der Waals surface area contributed by atoms with Crippen molar-refractivity contribution in [1.82, 2.24) is 4.90 Å². The molecule has 150 valence electrons. The van der Waals surface area contributed by atoms with Gasteiger partial charge in [0.25, 0.3) is 5.91 Å². The highest BCUT2D eigenvalue weighted by molar-refractivity contribution is 5.99. The van der Waals surface area contributed by atoms with Gasteiger partial charge in [0.1, 0.15) is 11.3 Å². The molecule has 4 rings (SSSR count). The Balaban J connectivity index is 1.97. The standard InChI is InChI=1S/C23H23NO5/c1-13-11-14(2)18-17(12-13)29-22-19(21(18)26)20(24(23(22)27)9-4-10-25)15-5-7-16(28-3)8-6-15/h5-8,11-12,20,25H,4,9-10H2,1-3H3. The van der Waals surface area contributed by atoms with Crippen LogP contribution >= 0.6 is 0 Å². The van der Waals surface area contributed by atoms with E-state index in [1.807, 2.05) is 32.0 Å². The van der Waals surface area contributed by atoms with Crippen LogP contribution in [0.15, 0.2) is 45.6 Å². The molecule has 1 atom stereocenters. The molecule has 1 amide bonds. The summed E-state index contributed by atoms with van der Waals surface area (Å²) in [6, 6.07) is 10.5. The first-order valence-corrected chi connectivity index (χ1v) is 9.60. The number of aliphatic hydroxyl groups excluding tert-OH is 1. The number of benzene rings is 2. The molecule has 1 aromatic heterocycles. The van der Waals surface area contributed by atoms with Crippen LogP contribution in [0.1, 0.15) is 45.3 Å². The summed E-state index contributed by atoms with van der Waals surface area (Å²) in [5.74, 6) is 0.454. The zero-order chi connectivity index (χ0) is 20.7. The number of nitrogens with zero attached hydrogens (tertiary/aromatic N) is 1. The van der Waals surface area contributed by atoms with E-state index in [-0.39, 0.29) is 23.7 Å². The van der Waals surface area contributed by atoms with Crippen LogP contribution in [0.2, 0.25) is 0 Å². The molecule has 1 unspecified atom stereocenters. The second-order valence-corrected chi connectivity index (χ2v) is 7.38. The number of fused-ring (bicyclic) bond motifs is 2. The van der Waals surface area contributed by atoms with Gasteiger partial charge in [-0.25, -0.2) is 0 Å². The Labute approximate surface area is 168 Å². The predicted octanol–water partition coefficient (Wildman–Crippen LogP) is 3.35. The van der Waals surface area contributed by atoms with E-state index in [0.29, 0.717) is 35.2 Å². The van der Waals surface area contributed by atoms with Crippen molar-refractivity contribution in [2.75, 3.05) is 20.3 Å². The second kappa shape index (κ2) is 7.37. The minimum absolute atomic E-state index is 0.0445. The highest BCUT2D eigenvalue weighted by atomic mass is 16.5. The number of amides is 1. The van der Waals surface area contributed by atoms with Crippen molar-refractivity contribution in [1.29, 1.82) is 0 Å². The number of rotatable bonds is 5. The molecule has 0 saturated carbocycles. The minimum atomic E-state index is -0.559. The van der Waals surface area contributed by atoms with Gasteiger partial charge in [0, 0.05) is 13.2 Å². The average molecular weight is 393 g/mol. The molecule has 29 heavy (non-hydrogen) atoms. The number of methoxy groups -OCH3 is 1. The first kappa shape index (κ1) is 19.2. The van der Waals surface area contributed by atoms with Crippen LogP contribution in [0.4, 0.5) is 0 Å². The fourth-order valence-corrected chi connectivity index (χ4v) is 4.12. The smallest absolute Gasteiger partial charge is 0.290 e. The highest BCUT2D eigenvalue weighted by Gasteiger charge is 2.42. The zero-order valence-electron chi connectivity index (χ0n) is 16.7. The Hall–Kier alpha value is -3.12. The van der Waals surface area contributed by atoms with Gasteiger partial charge in [-0.3, -0.25) is 9.59 Å². The third-order valence-electron chi connectivity index (χ3n) is 5.40. The summed E-state index contributed by atoms with van der Waals surface area (Å²) >= 11 is 0. The maximum atomic E-state index is 13.5. The molecule has 6 nitrogen and oxygen atoms in total. The SMILES string of the molecule is COc1ccc(C2c3c(oc4cc(C)cc(C)c4c3=O)C(=O)N2CCCO)cc1. The number of ether oxygens (including phenoxy) is 1. The van der Waals surface area contributed by atoms with Gasteiger partial charge in [-0.15, -0.1) is 0 Å². The Morgan fingerprint density at radius 3 is 2.52 bits per heavy atom. The first-order valence-electron chi connectivity index (χ1n) is 9.60. The van der Waals surface area contributed by atoms with E-state index in [0.717, 1.165) is 16.7 Å². The average Bonchev–Trinajstić information content (AvgIpc) is 2.98. The van der Waals surface area contributed by atoms with Gasteiger partial charge in [0.05, 0.1) is 24.1 Å². The van der Waals surface area contributed by atoms with Crippen molar-refractivity contribution < 1.29 is 19.1 Å². The van der Waals surface area contributed by atoms with Crippen LogP contribution in [0.3, 0.4) is 0 Å². The van der Waals surface area contributed by atoms with E-state index >= 15 is 0 Å². The lowest BCUT2D eigenvalue weighted by Gasteiger charge is -2.25. The molecule has 3 aromatic rings. The lowest BCUT2D eigenvalue weighted by Crippen LogP contribution is -2.31. The van der Waals surface area contributed by atoms with Gasteiger partial charge in [-0.2, -0.15) is 0 Å². The van der Waals surface area contributed by atoms with Crippen molar-refractivity contribution >= 4 is 16.9 Å². The Bertz CT molecular complexity index is 1150. The molecule has 0 bridgehead atoms.